The van der Waals surface area contributed by atoms with Crippen LogP contribution in [0, 0.1) is 8.80 Å². The first kappa shape index (κ1) is 13.1. The highest BCUT2D eigenvalue weighted by Gasteiger charge is 2.16. The molecular formula is C12H18IN3S. The number of hydrogen-bond acceptors (Lipinski definition) is 2. The summed E-state index contributed by atoms with van der Waals surface area (Å²) in [6.45, 7) is 1.77. The fourth-order valence-electron chi connectivity index (χ4n) is 1.76. The standard InChI is InChI=1S/C12H18IN3S/c13-11-5-4-10(17-11)6-7-15-12(14)16-8-9-2-1-3-9/h4-5,9H,1-3,6-8H2,(H3,14,15,16). The van der Waals surface area contributed by atoms with E-state index in [1.54, 1.807) is 0 Å². The van der Waals surface area contributed by atoms with Gasteiger partial charge < -0.3 is 11.1 Å². The third-order valence-corrected chi connectivity index (χ3v) is 5.00. The molecule has 0 saturated heterocycles. The van der Waals surface area contributed by atoms with Gasteiger partial charge in [-0.15, -0.1) is 11.3 Å². The molecule has 0 bridgehead atoms. The van der Waals surface area contributed by atoms with Crippen molar-refractivity contribution in [3.63, 3.8) is 0 Å². The second-order valence-electron chi connectivity index (χ2n) is 4.41. The lowest BCUT2D eigenvalue weighted by Crippen LogP contribution is -2.34. The molecule has 1 saturated carbocycles. The van der Waals surface area contributed by atoms with Crippen molar-refractivity contribution in [2.24, 2.45) is 16.6 Å². The second-order valence-corrected chi connectivity index (χ2v) is 7.47. The summed E-state index contributed by atoms with van der Waals surface area (Å²) in [4.78, 5) is 5.76. The highest BCUT2D eigenvalue weighted by Crippen LogP contribution is 2.26. The first-order valence-electron chi connectivity index (χ1n) is 6.02. The summed E-state index contributed by atoms with van der Waals surface area (Å²) in [7, 11) is 0. The largest absolute Gasteiger partial charge is 0.370 e. The third kappa shape index (κ3) is 4.46. The fourth-order valence-corrected chi connectivity index (χ4v) is 3.51. The zero-order valence-electron chi connectivity index (χ0n) is 9.79. The predicted molar refractivity (Wildman–Crippen MR) is 82.6 cm³/mol. The molecule has 0 atom stereocenters. The SMILES string of the molecule is NC(=NCC1CCC1)NCCc1ccc(I)s1. The average molecular weight is 363 g/mol. The molecule has 0 spiro atoms. The zero-order valence-corrected chi connectivity index (χ0v) is 12.8. The van der Waals surface area contributed by atoms with Crippen molar-refractivity contribution < 1.29 is 0 Å². The van der Waals surface area contributed by atoms with Gasteiger partial charge in [0, 0.05) is 18.0 Å². The Kier molecular flexibility index (Phi) is 5.09. The average Bonchev–Trinajstić information content (AvgIpc) is 2.62. The number of aliphatic imine (C=N–C) groups is 1. The number of nitrogens with one attached hydrogen (secondary N) is 1. The molecule has 1 aromatic rings. The van der Waals surface area contributed by atoms with Crippen molar-refractivity contribution in [1.29, 1.82) is 0 Å². The van der Waals surface area contributed by atoms with Gasteiger partial charge in [-0.2, -0.15) is 0 Å². The Morgan fingerprint density at radius 1 is 1.53 bits per heavy atom. The Labute approximate surface area is 120 Å². The van der Waals surface area contributed by atoms with E-state index in [0.29, 0.717) is 5.96 Å². The van der Waals surface area contributed by atoms with Crippen LogP contribution in [0.3, 0.4) is 0 Å². The van der Waals surface area contributed by atoms with Crippen LogP contribution in [0.1, 0.15) is 24.1 Å². The van der Waals surface area contributed by atoms with Crippen LogP contribution in [0.25, 0.3) is 0 Å². The van der Waals surface area contributed by atoms with E-state index in [0.717, 1.165) is 25.4 Å². The van der Waals surface area contributed by atoms with E-state index in [-0.39, 0.29) is 0 Å². The molecule has 94 valence electrons. The van der Waals surface area contributed by atoms with Crippen molar-refractivity contribution in [1.82, 2.24) is 5.32 Å². The highest BCUT2D eigenvalue weighted by molar-refractivity contribution is 14.1. The maximum absolute atomic E-state index is 5.81. The molecule has 5 heteroatoms. The van der Waals surface area contributed by atoms with E-state index in [1.165, 1.54) is 27.0 Å². The fraction of sp³-hybridized carbons (Fsp3) is 0.583. The van der Waals surface area contributed by atoms with Crippen LogP contribution in [0.4, 0.5) is 0 Å². The number of rotatable bonds is 5. The lowest BCUT2D eigenvalue weighted by Gasteiger charge is -2.23. The maximum atomic E-state index is 5.81. The van der Waals surface area contributed by atoms with Gasteiger partial charge in [-0.3, -0.25) is 4.99 Å². The summed E-state index contributed by atoms with van der Waals surface area (Å²) in [6.07, 6.45) is 5.03. The van der Waals surface area contributed by atoms with Crippen molar-refractivity contribution in [2.45, 2.75) is 25.7 Å². The molecule has 0 aromatic carbocycles. The summed E-state index contributed by atoms with van der Waals surface area (Å²) in [5, 5.41) is 3.18. The van der Waals surface area contributed by atoms with Gasteiger partial charge in [-0.05, 0) is 59.9 Å². The summed E-state index contributed by atoms with van der Waals surface area (Å²) in [6, 6.07) is 4.32. The first-order valence-corrected chi connectivity index (χ1v) is 7.91. The molecule has 1 aromatic heterocycles. The Balaban J connectivity index is 1.63. The van der Waals surface area contributed by atoms with Crippen LogP contribution >= 0.6 is 33.9 Å². The zero-order chi connectivity index (χ0) is 12.1. The predicted octanol–water partition coefficient (Wildman–Crippen LogP) is 2.60. The van der Waals surface area contributed by atoms with E-state index in [4.69, 9.17) is 5.73 Å². The van der Waals surface area contributed by atoms with Gasteiger partial charge in [0.05, 0.1) is 2.88 Å². The van der Waals surface area contributed by atoms with E-state index in [9.17, 15) is 0 Å². The third-order valence-electron chi connectivity index (χ3n) is 3.05. The smallest absolute Gasteiger partial charge is 0.188 e. The quantitative estimate of drug-likeness (QED) is 0.480. The van der Waals surface area contributed by atoms with Gasteiger partial charge in [0.15, 0.2) is 5.96 Å². The van der Waals surface area contributed by atoms with Crippen LogP contribution in [-0.2, 0) is 6.42 Å². The number of halogens is 1. The lowest BCUT2D eigenvalue weighted by atomic mass is 9.86. The molecule has 1 aliphatic carbocycles. The summed E-state index contributed by atoms with van der Waals surface area (Å²) in [5.41, 5.74) is 5.81. The molecule has 2 rings (SSSR count). The maximum Gasteiger partial charge on any atom is 0.188 e. The van der Waals surface area contributed by atoms with Gasteiger partial charge in [0.25, 0.3) is 0 Å². The molecule has 1 heterocycles. The monoisotopic (exact) mass is 363 g/mol. The van der Waals surface area contributed by atoms with E-state index in [1.807, 2.05) is 11.3 Å². The summed E-state index contributed by atoms with van der Waals surface area (Å²) >= 11 is 4.18. The molecule has 0 radical (unpaired) electrons. The lowest BCUT2D eigenvalue weighted by molar-refractivity contribution is 0.326. The first-order chi connectivity index (χ1) is 8.24. The van der Waals surface area contributed by atoms with E-state index < -0.39 is 0 Å². The minimum Gasteiger partial charge on any atom is -0.370 e. The van der Waals surface area contributed by atoms with Crippen LogP contribution in [0.2, 0.25) is 0 Å². The Morgan fingerprint density at radius 2 is 2.35 bits per heavy atom. The van der Waals surface area contributed by atoms with Crippen LogP contribution in [0.15, 0.2) is 17.1 Å². The molecule has 1 aliphatic rings. The molecule has 0 unspecified atom stereocenters. The molecule has 3 N–H and O–H groups in total. The Hall–Kier alpha value is -0.300. The number of nitrogens with two attached hydrogens (primary N) is 1. The molecule has 3 nitrogen and oxygen atoms in total. The Bertz CT molecular complexity index is 385. The van der Waals surface area contributed by atoms with Gasteiger partial charge in [0.2, 0.25) is 0 Å². The van der Waals surface area contributed by atoms with Crippen LogP contribution < -0.4 is 11.1 Å². The van der Waals surface area contributed by atoms with Crippen LogP contribution in [0.5, 0.6) is 0 Å². The van der Waals surface area contributed by atoms with E-state index in [2.05, 4.69) is 45.0 Å². The summed E-state index contributed by atoms with van der Waals surface area (Å²) in [5.74, 6) is 1.39. The van der Waals surface area contributed by atoms with Crippen molar-refractivity contribution in [2.75, 3.05) is 13.1 Å². The number of hydrogen-bond donors (Lipinski definition) is 2. The van der Waals surface area contributed by atoms with Gasteiger partial charge in [0.1, 0.15) is 0 Å². The Morgan fingerprint density at radius 3 is 2.94 bits per heavy atom. The number of nitrogens with zero attached hydrogens (tertiary/aromatic N) is 1. The molecule has 0 amide bonds. The van der Waals surface area contributed by atoms with Gasteiger partial charge >= 0.3 is 0 Å². The molecule has 1 fully saturated rings. The molecule has 0 aliphatic heterocycles. The van der Waals surface area contributed by atoms with Crippen molar-refractivity contribution >= 4 is 39.9 Å². The highest BCUT2D eigenvalue weighted by atomic mass is 127. The van der Waals surface area contributed by atoms with Crippen LogP contribution in [-0.4, -0.2) is 19.0 Å². The summed E-state index contributed by atoms with van der Waals surface area (Å²) < 4.78 is 1.34. The minimum absolute atomic E-state index is 0.600. The normalized spacial score (nSPS) is 16.9. The van der Waals surface area contributed by atoms with Gasteiger partial charge in [-0.25, -0.2) is 0 Å². The van der Waals surface area contributed by atoms with Crippen molar-refractivity contribution in [3.8, 4) is 0 Å². The number of thiophene rings is 1. The number of guanidine groups is 1. The molecule has 17 heavy (non-hydrogen) atoms. The minimum atomic E-state index is 0.600. The second kappa shape index (κ2) is 6.58. The topological polar surface area (TPSA) is 50.4 Å². The van der Waals surface area contributed by atoms with Gasteiger partial charge in [-0.1, -0.05) is 6.42 Å². The molecular weight excluding hydrogens is 345 g/mol. The van der Waals surface area contributed by atoms with Crippen molar-refractivity contribution in [3.05, 3.63) is 19.9 Å². The van der Waals surface area contributed by atoms with E-state index >= 15 is 0 Å².